The molecule has 12 nitrogen and oxygen atoms in total. The van der Waals surface area contributed by atoms with Gasteiger partial charge >= 0.3 is 0 Å². The fraction of sp³-hybridized carbons (Fsp3) is 0.412. The second-order valence-corrected chi connectivity index (χ2v) is 16.2. The molecule has 0 aliphatic carbocycles. The van der Waals surface area contributed by atoms with Gasteiger partial charge in [0.15, 0.2) is 0 Å². The van der Waals surface area contributed by atoms with Crippen molar-refractivity contribution in [3.8, 4) is 85.8 Å². The largest absolute Gasteiger partial charge is 0.493 e. The van der Waals surface area contributed by atoms with E-state index in [9.17, 15) is 0 Å². The number of rotatable bonds is 24. The highest BCUT2D eigenvalue weighted by atomic mass is 16.5. The van der Waals surface area contributed by atoms with Gasteiger partial charge < -0.3 is 27.8 Å². The zero-order chi connectivity index (χ0) is 44.0. The van der Waals surface area contributed by atoms with Crippen LogP contribution in [0.25, 0.3) is 68.5 Å². The van der Waals surface area contributed by atoms with Crippen LogP contribution < -0.4 is 14.2 Å². The van der Waals surface area contributed by atoms with Crippen molar-refractivity contribution in [1.82, 2.24) is 30.4 Å². The summed E-state index contributed by atoms with van der Waals surface area (Å²) < 4.78 is 35.9. The molecular weight excluding hydrogens is 793 g/mol. The van der Waals surface area contributed by atoms with Gasteiger partial charge in [-0.05, 0) is 130 Å². The fourth-order valence-corrected chi connectivity index (χ4v) is 7.36. The van der Waals surface area contributed by atoms with Crippen molar-refractivity contribution in [3.05, 3.63) is 89.5 Å². The average molecular weight is 853 g/mol. The summed E-state index contributed by atoms with van der Waals surface area (Å²) in [5.74, 6) is 4.78. The van der Waals surface area contributed by atoms with E-state index < -0.39 is 0 Å². The van der Waals surface area contributed by atoms with Gasteiger partial charge in [0.05, 0.1) is 19.8 Å². The first-order valence-electron chi connectivity index (χ1n) is 22.7. The molecule has 0 unspecified atom stereocenters. The lowest BCUT2D eigenvalue weighted by atomic mass is 10.0. The van der Waals surface area contributed by atoms with E-state index in [2.05, 4.69) is 36.2 Å². The lowest BCUT2D eigenvalue weighted by Gasteiger charge is -2.09. The maximum atomic E-state index is 6.08. The minimum Gasteiger partial charge on any atom is -0.493 e. The number of aryl methyl sites for hydroxylation is 3. The molecule has 3 aromatic heterocycles. The first-order valence-corrected chi connectivity index (χ1v) is 22.7. The molecule has 0 amide bonds. The Morgan fingerprint density at radius 1 is 0.365 bits per heavy atom. The summed E-state index contributed by atoms with van der Waals surface area (Å²) in [6.07, 6.45) is 13.8. The topological polar surface area (TPSA) is 144 Å². The highest BCUT2D eigenvalue weighted by Crippen LogP contribution is 2.35. The quantitative estimate of drug-likeness (QED) is 0.0533. The predicted molar refractivity (Wildman–Crippen MR) is 246 cm³/mol. The summed E-state index contributed by atoms with van der Waals surface area (Å²) in [5.41, 5.74) is 7.25. The lowest BCUT2D eigenvalue weighted by molar-refractivity contribution is 0.303. The Morgan fingerprint density at radius 2 is 0.667 bits per heavy atom. The summed E-state index contributed by atoms with van der Waals surface area (Å²) in [6.45, 7) is 14.8. The van der Waals surface area contributed by atoms with E-state index in [4.69, 9.17) is 42.7 Å². The van der Waals surface area contributed by atoms with Crippen LogP contribution in [-0.2, 0) is 0 Å². The minimum absolute atomic E-state index is 0.295. The maximum Gasteiger partial charge on any atom is 0.258 e. The first kappa shape index (κ1) is 44.7. The molecule has 0 radical (unpaired) electrons. The van der Waals surface area contributed by atoms with Crippen LogP contribution >= 0.6 is 0 Å². The zero-order valence-corrected chi connectivity index (χ0v) is 37.7. The summed E-state index contributed by atoms with van der Waals surface area (Å²) in [4.78, 5) is 14.5. The monoisotopic (exact) mass is 852 g/mol. The van der Waals surface area contributed by atoms with E-state index in [0.717, 1.165) is 89.2 Å². The van der Waals surface area contributed by atoms with Crippen molar-refractivity contribution in [2.45, 2.75) is 119 Å². The maximum absolute atomic E-state index is 6.08. The molecule has 0 saturated heterocycles. The molecule has 0 aliphatic rings. The third kappa shape index (κ3) is 11.8. The van der Waals surface area contributed by atoms with Crippen molar-refractivity contribution < 1.29 is 27.8 Å². The Hall–Kier alpha value is -6.30. The second kappa shape index (κ2) is 22.2. The van der Waals surface area contributed by atoms with Gasteiger partial charge in [-0.3, -0.25) is 0 Å². The molecule has 0 spiro atoms. The number of unbranched alkanes of at least 4 members (excludes halogenated alkanes) is 9. The first-order chi connectivity index (χ1) is 30.8. The van der Waals surface area contributed by atoms with Crippen LogP contribution in [-0.4, -0.2) is 50.2 Å². The normalized spacial score (nSPS) is 11.3. The number of hydrogen-bond donors (Lipinski definition) is 0. The van der Waals surface area contributed by atoms with Crippen LogP contribution in [0.2, 0.25) is 0 Å². The molecule has 0 bridgehead atoms. The highest BCUT2D eigenvalue weighted by Gasteiger charge is 2.21. The molecule has 4 aromatic carbocycles. The number of benzene rings is 4. The summed E-state index contributed by atoms with van der Waals surface area (Å²) in [5, 5.41) is 13.1. The zero-order valence-electron chi connectivity index (χ0n) is 37.7. The van der Waals surface area contributed by atoms with Crippen LogP contribution in [0.1, 0.15) is 115 Å². The van der Waals surface area contributed by atoms with Gasteiger partial charge in [0, 0.05) is 33.4 Å². The lowest BCUT2D eigenvalue weighted by Crippen LogP contribution is -1.99. The molecular formula is C51H60N6O6. The van der Waals surface area contributed by atoms with Crippen LogP contribution in [0.3, 0.4) is 0 Å². The Labute approximate surface area is 370 Å². The summed E-state index contributed by atoms with van der Waals surface area (Å²) in [7, 11) is 0. The molecule has 0 atom stereocenters. The Bertz CT molecular complexity index is 2250. The van der Waals surface area contributed by atoms with Crippen LogP contribution in [0, 0.1) is 20.8 Å². The van der Waals surface area contributed by atoms with Gasteiger partial charge in [0.25, 0.3) is 17.7 Å². The van der Waals surface area contributed by atoms with Crippen molar-refractivity contribution in [3.63, 3.8) is 0 Å². The Kier molecular flexibility index (Phi) is 15.7. The smallest absolute Gasteiger partial charge is 0.258 e. The number of aromatic nitrogens is 6. The predicted octanol–water partition coefficient (Wildman–Crippen LogP) is 13.6. The number of hydrogen-bond acceptors (Lipinski definition) is 12. The summed E-state index contributed by atoms with van der Waals surface area (Å²) in [6, 6.07) is 23.4. The van der Waals surface area contributed by atoms with Crippen LogP contribution in [0.5, 0.6) is 17.2 Å². The number of ether oxygens (including phenoxy) is 3. The summed E-state index contributed by atoms with van der Waals surface area (Å²) >= 11 is 0. The van der Waals surface area contributed by atoms with Gasteiger partial charge in [-0.2, -0.15) is 15.0 Å². The third-order valence-electron chi connectivity index (χ3n) is 11.0. The van der Waals surface area contributed by atoms with Crippen molar-refractivity contribution in [2.75, 3.05) is 19.8 Å². The molecule has 63 heavy (non-hydrogen) atoms. The molecule has 0 N–H and O–H groups in total. The van der Waals surface area contributed by atoms with Gasteiger partial charge in [-0.15, -0.1) is 0 Å². The van der Waals surface area contributed by atoms with E-state index in [1.807, 2.05) is 93.6 Å². The van der Waals surface area contributed by atoms with Crippen LogP contribution in [0.15, 0.2) is 86.4 Å². The molecule has 12 heteroatoms. The van der Waals surface area contributed by atoms with Gasteiger partial charge in [0.1, 0.15) is 17.2 Å². The van der Waals surface area contributed by atoms with E-state index >= 15 is 0 Å². The minimum atomic E-state index is 0.295. The Morgan fingerprint density at radius 3 is 0.937 bits per heavy atom. The van der Waals surface area contributed by atoms with E-state index in [0.29, 0.717) is 71.7 Å². The molecule has 7 rings (SSSR count). The molecule has 0 saturated carbocycles. The van der Waals surface area contributed by atoms with Crippen LogP contribution in [0.4, 0.5) is 0 Å². The van der Waals surface area contributed by atoms with Crippen molar-refractivity contribution >= 4 is 0 Å². The van der Waals surface area contributed by atoms with Crippen molar-refractivity contribution in [1.29, 1.82) is 0 Å². The van der Waals surface area contributed by atoms with E-state index in [1.54, 1.807) is 0 Å². The molecule has 330 valence electrons. The Balaban J connectivity index is 1.16. The average Bonchev–Trinajstić information content (AvgIpc) is 4.10. The SMILES string of the molecule is CCCCCCOc1ccc(-c2noc(-c3cc(-c4nc(-c5ccc(OCCCCCC)c(C)c5)no4)cc(-c4nc(-c5ccc(OCCCCCC)c(C)c5)no4)c3)n2)cc1C. The third-order valence-corrected chi connectivity index (χ3v) is 11.0. The van der Waals surface area contributed by atoms with E-state index in [1.165, 1.54) is 38.5 Å². The highest BCUT2D eigenvalue weighted by molar-refractivity contribution is 5.75. The molecule has 7 aromatic rings. The molecule has 0 aliphatic heterocycles. The standard InChI is InChI=1S/C51H60N6O6/c1-7-10-13-16-25-58-43-22-19-37(28-34(43)4)46-52-49(61-55-46)40-31-41(50-53-47(56-62-50)38-20-23-44(35(5)29-38)59-26-17-14-11-8-2)33-42(32-40)51-54-48(57-63-51)39-21-24-45(36(6)30-39)60-27-18-15-12-9-3/h19-24,28-33H,7-18,25-27H2,1-6H3. The van der Waals surface area contributed by atoms with Gasteiger partial charge in [-0.25, -0.2) is 0 Å². The van der Waals surface area contributed by atoms with Gasteiger partial charge in [0.2, 0.25) is 17.5 Å². The number of nitrogens with zero attached hydrogens (tertiary/aromatic N) is 6. The fourth-order valence-electron chi connectivity index (χ4n) is 7.36. The van der Waals surface area contributed by atoms with Crippen molar-refractivity contribution in [2.24, 2.45) is 0 Å². The molecule has 3 heterocycles. The van der Waals surface area contributed by atoms with Gasteiger partial charge in [-0.1, -0.05) is 94.0 Å². The van der Waals surface area contributed by atoms with E-state index in [-0.39, 0.29) is 0 Å². The second-order valence-electron chi connectivity index (χ2n) is 16.2. The molecule has 0 fully saturated rings.